The molecule has 1 aliphatic rings. The summed E-state index contributed by atoms with van der Waals surface area (Å²) in [5.41, 5.74) is 2.28. The van der Waals surface area contributed by atoms with Crippen LogP contribution >= 0.6 is 0 Å². The third-order valence-electron chi connectivity index (χ3n) is 5.88. The van der Waals surface area contributed by atoms with Crippen LogP contribution in [0.25, 0.3) is 0 Å². The van der Waals surface area contributed by atoms with Crippen LogP contribution in [0.2, 0.25) is 0 Å². The number of nitrogens with one attached hydrogen (secondary N) is 1. The highest BCUT2D eigenvalue weighted by Gasteiger charge is 2.20. The molecular formula is C24H33FN4O3S. The first-order valence-corrected chi connectivity index (χ1v) is 12.7. The summed E-state index contributed by atoms with van der Waals surface area (Å²) in [5.74, 6) is -0.606. The first-order chi connectivity index (χ1) is 15.7. The van der Waals surface area contributed by atoms with Crippen LogP contribution in [0, 0.1) is 5.82 Å². The first kappa shape index (κ1) is 25.3. The van der Waals surface area contributed by atoms with Crippen LogP contribution in [0.4, 0.5) is 4.39 Å². The van der Waals surface area contributed by atoms with Crippen molar-refractivity contribution in [2.45, 2.75) is 30.8 Å². The number of hydrogen-bond donors (Lipinski definition) is 1. The van der Waals surface area contributed by atoms with Gasteiger partial charge in [-0.3, -0.25) is 9.69 Å². The smallest absolute Gasteiger partial charge is 0.242 e. The van der Waals surface area contributed by atoms with Gasteiger partial charge in [0.05, 0.1) is 4.90 Å². The van der Waals surface area contributed by atoms with Crippen LogP contribution in [0.15, 0.2) is 53.4 Å². The molecule has 180 valence electrons. The maximum atomic E-state index is 13.0. The lowest BCUT2D eigenvalue weighted by Gasteiger charge is -2.32. The Labute approximate surface area is 196 Å². The summed E-state index contributed by atoms with van der Waals surface area (Å²) >= 11 is 0. The third-order valence-corrected chi connectivity index (χ3v) is 7.75. The molecule has 1 heterocycles. The summed E-state index contributed by atoms with van der Waals surface area (Å²) < 4.78 is 39.3. The van der Waals surface area contributed by atoms with Crippen LogP contribution in [0.3, 0.4) is 0 Å². The molecule has 0 atom stereocenters. The van der Waals surface area contributed by atoms with E-state index in [0.717, 1.165) is 50.4 Å². The zero-order valence-corrected chi connectivity index (χ0v) is 20.2. The molecule has 0 unspecified atom stereocenters. The standard InChI is InChI=1S/C24H33FN4O3S/c1-27-13-15-29(16-14-27)19-21-6-3-5-20(17-21)18-26-24(30)7-4-12-28(2)33(31,32)23-10-8-22(25)9-11-23/h3,5-6,8-11,17H,4,7,12-16,18-19H2,1-2H3,(H,26,30). The van der Waals surface area contributed by atoms with Gasteiger partial charge in [0.2, 0.25) is 15.9 Å². The van der Waals surface area contributed by atoms with E-state index in [0.29, 0.717) is 13.0 Å². The van der Waals surface area contributed by atoms with Gasteiger partial charge in [-0.05, 0) is 48.9 Å². The highest BCUT2D eigenvalue weighted by atomic mass is 32.2. The second-order valence-electron chi connectivity index (χ2n) is 8.56. The number of carbonyl (C=O) groups is 1. The summed E-state index contributed by atoms with van der Waals surface area (Å²) in [6, 6.07) is 13.0. The molecule has 0 aliphatic carbocycles. The van der Waals surface area contributed by atoms with E-state index in [1.165, 1.54) is 29.0 Å². The lowest BCUT2D eigenvalue weighted by atomic mass is 10.1. The number of halogens is 1. The summed E-state index contributed by atoms with van der Waals surface area (Å²) in [5, 5.41) is 2.92. The topological polar surface area (TPSA) is 73.0 Å². The van der Waals surface area contributed by atoms with Crippen LogP contribution in [0.1, 0.15) is 24.0 Å². The molecule has 3 rings (SSSR count). The normalized spacial score (nSPS) is 15.6. The fraction of sp³-hybridized carbons (Fsp3) is 0.458. The lowest BCUT2D eigenvalue weighted by molar-refractivity contribution is -0.121. The molecule has 2 aromatic carbocycles. The van der Waals surface area contributed by atoms with Gasteiger partial charge < -0.3 is 10.2 Å². The van der Waals surface area contributed by atoms with Crippen LogP contribution in [0.5, 0.6) is 0 Å². The number of benzene rings is 2. The van der Waals surface area contributed by atoms with Crippen molar-refractivity contribution in [3.63, 3.8) is 0 Å². The second-order valence-corrected chi connectivity index (χ2v) is 10.6. The highest BCUT2D eigenvalue weighted by Crippen LogP contribution is 2.15. The highest BCUT2D eigenvalue weighted by molar-refractivity contribution is 7.89. The van der Waals surface area contributed by atoms with E-state index in [1.54, 1.807) is 0 Å². The third kappa shape index (κ3) is 7.60. The average Bonchev–Trinajstić information content (AvgIpc) is 2.80. The van der Waals surface area contributed by atoms with E-state index in [1.807, 2.05) is 12.1 Å². The minimum atomic E-state index is -3.70. The molecule has 0 radical (unpaired) electrons. The van der Waals surface area contributed by atoms with Gasteiger partial charge >= 0.3 is 0 Å². The molecule has 33 heavy (non-hydrogen) atoms. The monoisotopic (exact) mass is 476 g/mol. The SMILES string of the molecule is CN1CCN(Cc2cccc(CNC(=O)CCCN(C)S(=O)(=O)c3ccc(F)cc3)c2)CC1. The van der Waals surface area contributed by atoms with E-state index < -0.39 is 15.8 Å². The molecule has 1 N–H and O–H groups in total. The number of rotatable bonds is 10. The number of likely N-dealkylation sites (N-methyl/N-ethyl adjacent to an activating group) is 1. The molecule has 0 saturated carbocycles. The second kappa shape index (κ2) is 11.7. The van der Waals surface area contributed by atoms with E-state index in [9.17, 15) is 17.6 Å². The fourth-order valence-electron chi connectivity index (χ4n) is 3.76. The van der Waals surface area contributed by atoms with Gasteiger partial charge in [-0.1, -0.05) is 24.3 Å². The Balaban J connectivity index is 1.41. The van der Waals surface area contributed by atoms with E-state index in [2.05, 4.69) is 34.3 Å². The average molecular weight is 477 g/mol. The molecule has 7 nitrogen and oxygen atoms in total. The summed E-state index contributed by atoms with van der Waals surface area (Å²) in [7, 11) is -0.0980. The van der Waals surface area contributed by atoms with Crippen molar-refractivity contribution in [3.05, 3.63) is 65.5 Å². The van der Waals surface area contributed by atoms with E-state index >= 15 is 0 Å². The molecular weight excluding hydrogens is 443 g/mol. The van der Waals surface area contributed by atoms with Gasteiger partial charge in [-0.25, -0.2) is 17.1 Å². The van der Waals surface area contributed by atoms with Crippen LogP contribution in [-0.2, 0) is 27.9 Å². The number of amides is 1. The van der Waals surface area contributed by atoms with Crippen molar-refractivity contribution < 1.29 is 17.6 Å². The summed E-state index contributed by atoms with van der Waals surface area (Å²) in [6.45, 7) is 5.83. The van der Waals surface area contributed by atoms with Gasteiger partial charge in [-0.2, -0.15) is 0 Å². The van der Waals surface area contributed by atoms with Crippen LogP contribution < -0.4 is 5.32 Å². The fourth-order valence-corrected chi connectivity index (χ4v) is 4.97. The Morgan fingerprint density at radius 2 is 1.73 bits per heavy atom. The zero-order chi connectivity index (χ0) is 23.8. The maximum absolute atomic E-state index is 13.0. The minimum absolute atomic E-state index is 0.0345. The molecule has 9 heteroatoms. The largest absolute Gasteiger partial charge is 0.352 e. The number of nitrogens with zero attached hydrogens (tertiary/aromatic N) is 3. The van der Waals surface area contributed by atoms with Crippen molar-refractivity contribution in [2.75, 3.05) is 46.8 Å². The predicted octanol–water partition coefficient (Wildman–Crippen LogP) is 2.29. The van der Waals surface area contributed by atoms with Gasteiger partial charge in [0, 0.05) is 59.3 Å². The van der Waals surface area contributed by atoms with E-state index in [4.69, 9.17) is 0 Å². The molecule has 0 bridgehead atoms. The van der Waals surface area contributed by atoms with Gasteiger partial charge in [0.1, 0.15) is 5.82 Å². The lowest BCUT2D eigenvalue weighted by Crippen LogP contribution is -2.43. The quantitative estimate of drug-likeness (QED) is 0.570. The molecule has 0 spiro atoms. The molecule has 1 fully saturated rings. The first-order valence-electron chi connectivity index (χ1n) is 11.2. The number of sulfonamides is 1. The minimum Gasteiger partial charge on any atom is -0.352 e. The zero-order valence-electron chi connectivity index (χ0n) is 19.3. The number of hydrogen-bond acceptors (Lipinski definition) is 5. The number of carbonyl (C=O) groups excluding carboxylic acids is 1. The van der Waals surface area contributed by atoms with Crippen LogP contribution in [-0.4, -0.2) is 75.2 Å². The molecule has 1 aliphatic heterocycles. The van der Waals surface area contributed by atoms with Gasteiger partial charge in [0.15, 0.2) is 0 Å². The maximum Gasteiger partial charge on any atom is 0.242 e. The molecule has 1 amide bonds. The molecule has 0 aromatic heterocycles. The van der Waals surface area contributed by atoms with Crippen molar-refractivity contribution >= 4 is 15.9 Å². The molecule has 2 aromatic rings. The van der Waals surface area contributed by atoms with Crippen molar-refractivity contribution in [2.24, 2.45) is 0 Å². The Morgan fingerprint density at radius 1 is 1.06 bits per heavy atom. The van der Waals surface area contributed by atoms with Gasteiger partial charge in [0.25, 0.3) is 0 Å². The van der Waals surface area contributed by atoms with Gasteiger partial charge in [-0.15, -0.1) is 0 Å². The summed E-state index contributed by atoms with van der Waals surface area (Å²) in [6.07, 6.45) is 0.621. The Kier molecular flexibility index (Phi) is 8.96. The Hall–Kier alpha value is -2.33. The summed E-state index contributed by atoms with van der Waals surface area (Å²) in [4.78, 5) is 17.1. The van der Waals surface area contributed by atoms with Crippen molar-refractivity contribution in [3.8, 4) is 0 Å². The Bertz CT molecular complexity index is 1020. The predicted molar refractivity (Wildman–Crippen MR) is 127 cm³/mol. The Morgan fingerprint density at radius 3 is 2.42 bits per heavy atom. The van der Waals surface area contributed by atoms with Crippen molar-refractivity contribution in [1.29, 1.82) is 0 Å². The number of piperazine rings is 1. The van der Waals surface area contributed by atoms with E-state index in [-0.39, 0.29) is 23.8 Å². The van der Waals surface area contributed by atoms with Crippen molar-refractivity contribution in [1.82, 2.24) is 19.4 Å². The molecule has 1 saturated heterocycles.